The molecule has 0 heterocycles. The molecule has 78 valence electrons. The molecule has 0 aliphatic carbocycles. The summed E-state index contributed by atoms with van der Waals surface area (Å²) in [5.41, 5.74) is 5.09. The molecule has 0 aliphatic heterocycles. The molecule has 0 spiro atoms. The molecule has 2 nitrogen and oxygen atoms in total. The van der Waals surface area contributed by atoms with Gasteiger partial charge >= 0.3 is 0 Å². The zero-order valence-corrected chi connectivity index (χ0v) is 9.18. The average molecular weight is 185 g/mol. The Morgan fingerprint density at radius 1 is 1.23 bits per heavy atom. The van der Waals surface area contributed by atoms with Crippen molar-refractivity contribution in [1.29, 1.82) is 0 Å². The van der Waals surface area contributed by atoms with E-state index in [9.17, 15) is 4.79 Å². The summed E-state index contributed by atoms with van der Waals surface area (Å²) in [6.07, 6.45) is 5.26. The number of carbonyl (C=O) groups excluding carboxylic acids is 1. The van der Waals surface area contributed by atoms with Crippen molar-refractivity contribution >= 4 is 5.91 Å². The third kappa shape index (κ3) is 7.82. The Morgan fingerprint density at radius 3 is 2.23 bits per heavy atom. The van der Waals surface area contributed by atoms with Crippen LogP contribution in [-0.2, 0) is 4.79 Å². The van der Waals surface area contributed by atoms with E-state index in [1.807, 2.05) is 0 Å². The molecule has 2 atom stereocenters. The van der Waals surface area contributed by atoms with E-state index in [1.165, 1.54) is 19.3 Å². The molecule has 0 aromatic heterocycles. The lowest BCUT2D eigenvalue weighted by molar-refractivity contribution is -0.118. The molecule has 13 heavy (non-hydrogen) atoms. The van der Waals surface area contributed by atoms with E-state index < -0.39 is 0 Å². The Kier molecular flexibility index (Phi) is 6.65. The molecular weight excluding hydrogens is 162 g/mol. The summed E-state index contributed by atoms with van der Waals surface area (Å²) < 4.78 is 0. The van der Waals surface area contributed by atoms with Crippen molar-refractivity contribution < 1.29 is 4.79 Å². The summed E-state index contributed by atoms with van der Waals surface area (Å²) in [5.74, 6) is 1.25. The largest absolute Gasteiger partial charge is 0.370 e. The van der Waals surface area contributed by atoms with Gasteiger partial charge in [-0.3, -0.25) is 4.79 Å². The summed E-state index contributed by atoms with van der Waals surface area (Å²) in [5, 5.41) is 0. The van der Waals surface area contributed by atoms with E-state index in [1.54, 1.807) is 0 Å². The second-order valence-corrected chi connectivity index (χ2v) is 4.24. The fourth-order valence-electron chi connectivity index (χ4n) is 1.80. The lowest BCUT2D eigenvalue weighted by Crippen LogP contribution is -2.12. The van der Waals surface area contributed by atoms with Crippen molar-refractivity contribution in [2.75, 3.05) is 0 Å². The topological polar surface area (TPSA) is 43.1 Å². The molecule has 0 bridgehead atoms. The Morgan fingerprint density at radius 2 is 1.77 bits per heavy atom. The molecule has 0 aromatic rings. The summed E-state index contributed by atoms with van der Waals surface area (Å²) in [7, 11) is 0. The first-order chi connectivity index (χ1) is 6.06. The van der Waals surface area contributed by atoms with Gasteiger partial charge in [-0.05, 0) is 24.7 Å². The monoisotopic (exact) mass is 185 g/mol. The highest BCUT2D eigenvalue weighted by molar-refractivity contribution is 5.73. The number of rotatable bonds is 7. The maximum Gasteiger partial charge on any atom is 0.217 e. The number of primary amides is 1. The molecule has 0 radical (unpaired) electrons. The standard InChI is InChI=1S/C11H23NO/c1-4-5-9(2)8-10(3)6-7-11(12)13/h9-10H,4-8H2,1-3H3,(H2,12,13). The Hall–Kier alpha value is -0.530. The number of amides is 1. The van der Waals surface area contributed by atoms with Gasteiger partial charge in [0.1, 0.15) is 0 Å². The van der Waals surface area contributed by atoms with Gasteiger partial charge in [0.15, 0.2) is 0 Å². The molecule has 0 fully saturated rings. The highest BCUT2D eigenvalue weighted by Crippen LogP contribution is 2.19. The molecule has 2 N–H and O–H groups in total. The fraction of sp³-hybridized carbons (Fsp3) is 0.909. The van der Waals surface area contributed by atoms with Crippen LogP contribution in [-0.4, -0.2) is 5.91 Å². The number of nitrogens with two attached hydrogens (primary N) is 1. The van der Waals surface area contributed by atoms with Crippen molar-refractivity contribution in [3.05, 3.63) is 0 Å². The first kappa shape index (κ1) is 12.5. The van der Waals surface area contributed by atoms with E-state index in [2.05, 4.69) is 20.8 Å². The highest BCUT2D eigenvalue weighted by Gasteiger charge is 2.08. The van der Waals surface area contributed by atoms with Crippen LogP contribution in [0.15, 0.2) is 0 Å². The highest BCUT2D eigenvalue weighted by atomic mass is 16.1. The first-order valence-electron chi connectivity index (χ1n) is 5.34. The molecule has 0 saturated carbocycles. The normalized spacial score (nSPS) is 15.3. The van der Waals surface area contributed by atoms with E-state index in [0.29, 0.717) is 12.3 Å². The van der Waals surface area contributed by atoms with Gasteiger partial charge in [-0.25, -0.2) is 0 Å². The van der Waals surface area contributed by atoms with Gasteiger partial charge in [-0.1, -0.05) is 33.6 Å². The molecule has 0 rings (SSSR count). The predicted molar refractivity (Wildman–Crippen MR) is 56.3 cm³/mol. The van der Waals surface area contributed by atoms with Gasteiger partial charge in [-0.2, -0.15) is 0 Å². The maximum atomic E-state index is 10.5. The maximum absolute atomic E-state index is 10.5. The van der Waals surface area contributed by atoms with Gasteiger partial charge in [0, 0.05) is 6.42 Å². The van der Waals surface area contributed by atoms with Crippen LogP contribution in [0, 0.1) is 11.8 Å². The minimum Gasteiger partial charge on any atom is -0.370 e. The summed E-state index contributed by atoms with van der Waals surface area (Å²) in [6, 6.07) is 0. The Balaban J connectivity index is 3.48. The quantitative estimate of drug-likeness (QED) is 0.651. The van der Waals surface area contributed by atoms with Crippen molar-refractivity contribution in [1.82, 2.24) is 0 Å². The minimum atomic E-state index is -0.171. The zero-order chi connectivity index (χ0) is 10.3. The second-order valence-electron chi connectivity index (χ2n) is 4.24. The third-order valence-electron chi connectivity index (χ3n) is 2.47. The fourth-order valence-corrected chi connectivity index (χ4v) is 1.80. The SMILES string of the molecule is CCCC(C)CC(C)CCC(N)=O. The second kappa shape index (κ2) is 6.93. The van der Waals surface area contributed by atoms with Crippen molar-refractivity contribution in [2.24, 2.45) is 17.6 Å². The van der Waals surface area contributed by atoms with E-state index in [-0.39, 0.29) is 5.91 Å². The van der Waals surface area contributed by atoms with Crippen LogP contribution in [0.25, 0.3) is 0 Å². The number of carbonyl (C=O) groups is 1. The lowest BCUT2D eigenvalue weighted by atomic mass is 9.91. The zero-order valence-electron chi connectivity index (χ0n) is 9.18. The van der Waals surface area contributed by atoms with E-state index >= 15 is 0 Å². The van der Waals surface area contributed by atoms with Gasteiger partial charge in [-0.15, -0.1) is 0 Å². The van der Waals surface area contributed by atoms with Crippen LogP contribution in [0.3, 0.4) is 0 Å². The smallest absolute Gasteiger partial charge is 0.217 e. The average Bonchev–Trinajstić information content (AvgIpc) is 2.01. The third-order valence-corrected chi connectivity index (χ3v) is 2.47. The summed E-state index contributed by atoms with van der Waals surface area (Å²) >= 11 is 0. The molecule has 0 saturated heterocycles. The van der Waals surface area contributed by atoms with Gasteiger partial charge in [0.05, 0.1) is 0 Å². The van der Waals surface area contributed by atoms with Gasteiger partial charge < -0.3 is 5.73 Å². The van der Waals surface area contributed by atoms with Crippen LogP contribution in [0.1, 0.15) is 52.9 Å². The van der Waals surface area contributed by atoms with Crippen LogP contribution < -0.4 is 5.73 Å². The number of hydrogen-bond donors (Lipinski definition) is 1. The molecule has 2 unspecified atom stereocenters. The number of hydrogen-bond acceptors (Lipinski definition) is 1. The van der Waals surface area contributed by atoms with Crippen molar-refractivity contribution in [3.8, 4) is 0 Å². The minimum absolute atomic E-state index is 0.171. The van der Waals surface area contributed by atoms with Crippen LogP contribution in [0.5, 0.6) is 0 Å². The van der Waals surface area contributed by atoms with Crippen LogP contribution in [0.2, 0.25) is 0 Å². The molecule has 2 heteroatoms. The summed E-state index contributed by atoms with van der Waals surface area (Å²) in [4.78, 5) is 10.5. The predicted octanol–water partition coefficient (Wildman–Crippen LogP) is 2.71. The lowest BCUT2D eigenvalue weighted by Gasteiger charge is -2.15. The molecule has 0 aliphatic rings. The van der Waals surface area contributed by atoms with E-state index in [0.717, 1.165) is 12.3 Å². The van der Waals surface area contributed by atoms with Gasteiger partial charge in [0.2, 0.25) is 5.91 Å². The Labute approximate surface area is 81.9 Å². The molecular formula is C11H23NO. The summed E-state index contributed by atoms with van der Waals surface area (Å²) in [6.45, 7) is 6.70. The van der Waals surface area contributed by atoms with Crippen LogP contribution >= 0.6 is 0 Å². The van der Waals surface area contributed by atoms with Crippen molar-refractivity contribution in [2.45, 2.75) is 52.9 Å². The van der Waals surface area contributed by atoms with Crippen LogP contribution in [0.4, 0.5) is 0 Å². The molecule has 1 amide bonds. The Bertz CT molecular complexity index is 145. The molecule has 0 aromatic carbocycles. The van der Waals surface area contributed by atoms with E-state index in [4.69, 9.17) is 5.73 Å². The van der Waals surface area contributed by atoms with Gasteiger partial charge in [0.25, 0.3) is 0 Å². The first-order valence-corrected chi connectivity index (χ1v) is 5.34. The van der Waals surface area contributed by atoms with Crippen molar-refractivity contribution in [3.63, 3.8) is 0 Å².